The molecule has 1 heterocycles. The predicted molar refractivity (Wildman–Crippen MR) is 91.8 cm³/mol. The molecule has 0 aliphatic rings. The van der Waals surface area contributed by atoms with Gasteiger partial charge in [-0.3, -0.25) is 5.84 Å². The fourth-order valence-corrected chi connectivity index (χ4v) is 2.14. The first kappa shape index (κ1) is 17.1. The summed E-state index contributed by atoms with van der Waals surface area (Å²) in [5.74, 6) is 5.53. The van der Waals surface area contributed by atoms with Crippen molar-refractivity contribution in [3.05, 3.63) is 24.6 Å². The van der Waals surface area contributed by atoms with Gasteiger partial charge in [-0.1, -0.05) is 5.16 Å². The molecule has 0 saturated heterocycles. The van der Waals surface area contributed by atoms with Gasteiger partial charge in [0.05, 0.1) is 29.9 Å². The lowest BCUT2D eigenvalue weighted by Gasteiger charge is -2.15. The molecular formula is C15H24N6O2. The Bertz CT molecular complexity index is 588. The summed E-state index contributed by atoms with van der Waals surface area (Å²) >= 11 is 0. The van der Waals surface area contributed by atoms with Crippen LogP contribution in [0, 0.1) is 0 Å². The van der Waals surface area contributed by atoms with Gasteiger partial charge >= 0.3 is 0 Å². The number of benzene rings is 1. The van der Waals surface area contributed by atoms with Gasteiger partial charge in [0.15, 0.2) is 0 Å². The first-order valence-electron chi connectivity index (χ1n) is 7.58. The maximum absolute atomic E-state index is 6.10. The number of nitrogens with one attached hydrogen (secondary N) is 2. The summed E-state index contributed by atoms with van der Waals surface area (Å²) < 4.78 is 10.4. The van der Waals surface area contributed by atoms with Crippen molar-refractivity contribution in [3.8, 4) is 11.1 Å². The Balaban J connectivity index is 1.96. The molecular weight excluding hydrogens is 296 g/mol. The van der Waals surface area contributed by atoms with Crippen molar-refractivity contribution in [1.29, 1.82) is 0 Å². The summed E-state index contributed by atoms with van der Waals surface area (Å²) in [6, 6.07) is 3.77. The van der Waals surface area contributed by atoms with Crippen LogP contribution >= 0.6 is 0 Å². The minimum Gasteiger partial charge on any atom is -0.395 e. The first-order chi connectivity index (χ1) is 11.3. The highest BCUT2D eigenvalue weighted by Gasteiger charge is 2.10. The summed E-state index contributed by atoms with van der Waals surface area (Å²) in [4.78, 5) is 0. The highest BCUT2D eigenvalue weighted by Crippen LogP contribution is 2.33. The minimum atomic E-state index is 0.552. The van der Waals surface area contributed by atoms with E-state index in [1.165, 1.54) is 0 Å². The van der Waals surface area contributed by atoms with Crippen molar-refractivity contribution >= 4 is 17.1 Å². The Morgan fingerprint density at radius 1 is 1.13 bits per heavy atom. The number of nitrogens with two attached hydrogens (primary N) is 3. The van der Waals surface area contributed by atoms with E-state index >= 15 is 0 Å². The minimum absolute atomic E-state index is 0.552. The van der Waals surface area contributed by atoms with Crippen LogP contribution < -0.4 is 28.1 Å². The molecule has 126 valence electrons. The van der Waals surface area contributed by atoms with Crippen LogP contribution in [-0.2, 0) is 4.74 Å². The predicted octanol–water partition coefficient (Wildman–Crippen LogP) is 1.38. The first-order valence-corrected chi connectivity index (χ1v) is 7.58. The number of hydrazine groups is 1. The van der Waals surface area contributed by atoms with Crippen molar-refractivity contribution in [2.24, 2.45) is 11.6 Å². The van der Waals surface area contributed by atoms with Gasteiger partial charge in [0.25, 0.3) is 0 Å². The molecule has 0 aliphatic heterocycles. The second kappa shape index (κ2) is 8.99. The maximum atomic E-state index is 6.10. The molecule has 8 nitrogen and oxygen atoms in total. The van der Waals surface area contributed by atoms with Crippen LogP contribution in [0.2, 0.25) is 0 Å². The largest absolute Gasteiger partial charge is 0.395 e. The number of hydrogen-bond donors (Lipinski definition) is 5. The molecule has 2 aromatic rings. The van der Waals surface area contributed by atoms with E-state index in [0.29, 0.717) is 37.7 Å². The number of nitrogens with zero attached hydrogens (tertiary/aromatic N) is 1. The smallest absolute Gasteiger partial charge is 0.131 e. The normalized spacial score (nSPS) is 10.7. The van der Waals surface area contributed by atoms with Crippen molar-refractivity contribution < 1.29 is 9.26 Å². The second-order valence-electron chi connectivity index (χ2n) is 5.08. The Kier molecular flexibility index (Phi) is 6.67. The van der Waals surface area contributed by atoms with Crippen LogP contribution in [0.5, 0.6) is 0 Å². The molecule has 0 radical (unpaired) electrons. The molecule has 0 amide bonds. The third kappa shape index (κ3) is 4.85. The van der Waals surface area contributed by atoms with E-state index < -0.39 is 0 Å². The maximum Gasteiger partial charge on any atom is 0.131 e. The van der Waals surface area contributed by atoms with E-state index in [1.54, 1.807) is 12.5 Å². The Hall–Kier alpha value is -2.29. The van der Waals surface area contributed by atoms with Gasteiger partial charge in [-0.15, -0.1) is 0 Å². The average molecular weight is 320 g/mol. The van der Waals surface area contributed by atoms with Crippen molar-refractivity contribution in [2.45, 2.75) is 12.8 Å². The fourth-order valence-electron chi connectivity index (χ4n) is 2.14. The Morgan fingerprint density at radius 2 is 1.96 bits per heavy atom. The van der Waals surface area contributed by atoms with Gasteiger partial charge in [0.1, 0.15) is 6.26 Å². The molecule has 0 aliphatic carbocycles. The zero-order valence-corrected chi connectivity index (χ0v) is 13.0. The summed E-state index contributed by atoms with van der Waals surface area (Å²) in [5, 5.41) is 6.97. The lowest BCUT2D eigenvalue weighted by atomic mass is 10.1. The number of hydrogen-bond acceptors (Lipinski definition) is 8. The van der Waals surface area contributed by atoms with Gasteiger partial charge in [-0.05, 0) is 37.1 Å². The van der Waals surface area contributed by atoms with Gasteiger partial charge < -0.3 is 31.5 Å². The Labute approximate surface area is 135 Å². The molecule has 8 N–H and O–H groups in total. The summed E-state index contributed by atoms with van der Waals surface area (Å²) in [5.41, 5.74) is 17.9. The van der Waals surface area contributed by atoms with E-state index in [-0.39, 0.29) is 0 Å². The third-order valence-corrected chi connectivity index (χ3v) is 3.41. The number of rotatable bonds is 10. The molecule has 0 saturated carbocycles. The monoisotopic (exact) mass is 320 g/mol. The van der Waals surface area contributed by atoms with E-state index in [0.717, 1.165) is 29.7 Å². The van der Waals surface area contributed by atoms with Crippen LogP contribution in [0.25, 0.3) is 11.1 Å². The molecule has 1 aromatic carbocycles. The highest BCUT2D eigenvalue weighted by atomic mass is 16.5. The molecule has 0 bridgehead atoms. The molecule has 8 heteroatoms. The van der Waals surface area contributed by atoms with Crippen molar-refractivity contribution in [1.82, 2.24) is 5.16 Å². The molecule has 0 unspecified atom stereocenters. The molecule has 23 heavy (non-hydrogen) atoms. The zero-order valence-electron chi connectivity index (χ0n) is 13.0. The highest BCUT2D eigenvalue weighted by molar-refractivity contribution is 5.86. The average Bonchev–Trinajstić information content (AvgIpc) is 3.10. The van der Waals surface area contributed by atoms with E-state index in [9.17, 15) is 0 Å². The standard InChI is InChI=1S/C15H24N6O2/c16-3-1-2-5-22-6-4-19-13-7-11(12-9-20-23-10-12)8-14(21-18)15(13)17/h7-10,19,21H,1-6,16-18H2. The van der Waals surface area contributed by atoms with Gasteiger partial charge in [0.2, 0.25) is 0 Å². The van der Waals surface area contributed by atoms with Crippen LogP contribution in [0.3, 0.4) is 0 Å². The number of aromatic nitrogens is 1. The van der Waals surface area contributed by atoms with Gasteiger partial charge in [-0.25, -0.2) is 0 Å². The lowest BCUT2D eigenvalue weighted by molar-refractivity contribution is 0.140. The third-order valence-electron chi connectivity index (χ3n) is 3.41. The second-order valence-corrected chi connectivity index (χ2v) is 5.08. The molecule has 0 atom stereocenters. The molecule has 0 fully saturated rings. The van der Waals surface area contributed by atoms with Crippen LogP contribution in [0.4, 0.5) is 17.1 Å². The topological polar surface area (TPSA) is 137 Å². The summed E-state index contributed by atoms with van der Waals surface area (Å²) in [6.45, 7) is 2.64. The quantitative estimate of drug-likeness (QED) is 0.191. The van der Waals surface area contributed by atoms with Crippen LogP contribution in [0.15, 0.2) is 29.1 Å². The number of anilines is 3. The Morgan fingerprint density at radius 3 is 2.65 bits per heavy atom. The number of unbranched alkanes of at least 4 members (excludes halogenated alkanes) is 1. The van der Waals surface area contributed by atoms with E-state index in [1.807, 2.05) is 12.1 Å². The fraction of sp³-hybridized carbons (Fsp3) is 0.400. The lowest BCUT2D eigenvalue weighted by Crippen LogP contribution is -2.14. The van der Waals surface area contributed by atoms with Crippen LogP contribution in [0.1, 0.15) is 12.8 Å². The number of ether oxygens (including phenoxy) is 1. The summed E-state index contributed by atoms with van der Waals surface area (Å²) in [7, 11) is 0. The van der Waals surface area contributed by atoms with E-state index in [2.05, 4.69) is 15.9 Å². The summed E-state index contributed by atoms with van der Waals surface area (Å²) in [6.07, 6.45) is 5.15. The van der Waals surface area contributed by atoms with Gasteiger partial charge in [0, 0.05) is 18.7 Å². The molecule has 2 rings (SSSR count). The molecule has 0 spiro atoms. The van der Waals surface area contributed by atoms with Crippen molar-refractivity contribution in [2.75, 3.05) is 42.8 Å². The van der Waals surface area contributed by atoms with Gasteiger partial charge in [-0.2, -0.15) is 0 Å². The number of nitrogen functional groups attached to an aromatic ring is 2. The zero-order chi connectivity index (χ0) is 16.5. The van der Waals surface area contributed by atoms with Crippen LogP contribution in [-0.4, -0.2) is 31.5 Å². The SMILES string of the molecule is NCCCCOCCNc1cc(-c2cnoc2)cc(NN)c1N. The van der Waals surface area contributed by atoms with E-state index in [4.69, 9.17) is 26.6 Å². The van der Waals surface area contributed by atoms with Crippen molar-refractivity contribution in [3.63, 3.8) is 0 Å². The molecule has 1 aromatic heterocycles.